The van der Waals surface area contributed by atoms with Crippen molar-refractivity contribution >= 4 is 0 Å². The molecule has 5 rings (SSSR count). The largest absolute Gasteiger partial charge is 0.390 e. The fourth-order valence-corrected chi connectivity index (χ4v) is 9.47. The fraction of sp³-hybridized carbons (Fsp3) is 0.857. The van der Waals surface area contributed by atoms with E-state index in [9.17, 15) is 10.2 Å². The highest BCUT2D eigenvalue weighted by Gasteiger charge is 2.64. The molecule has 4 saturated carbocycles. The number of nitriles is 1. The second-order valence-corrected chi connectivity index (χ2v) is 12.5. The standard InChI is InChI=1S/C28H43N3O2/c1-4-10-27(32)12-8-22-21(14-27)5-6-24-23(22)7-11-26(3)25(24)9-13-28(26,33)19(2)17-31-18-20(15-29)16-30-31/h16,18-19,21-25,32-33H,4-14,17H2,1-3H3/t19-,21-,22+,23?,24-,25?,26+,27-,28+/m1/s1. The Morgan fingerprint density at radius 1 is 1.12 bits per heavy atom. The monoisotopic (exact) mass is 453 g/mol. The Labute approximate surface area is 199 Å². The van der Waals surface area contributed by atoms with Gasteiger partial charge in [-0.15, -0.1) is 0 Å². The van der Waals surface area contributed by atoms with Crippen LogP contribution in [0.5, 0.6) is 0 Å². The van der Waals surface area contributed by atoms with Crippen LogP contribution in [0.4, 0.5) is 0 Å². The maximum absolute atomic E-state index is 12.2. The number of hydrogen-bond donors (Lipinski definition) is 2. The number of hydrogen-bond acceptors (Lipinski definition) is 4. The zero-order chi connectivity index (χ0) is 23.4. The molecule has 33 heavy (non-hydrogen) atoms. The first-order valence-corrected chi connectivity index (χ1v) is 13.6. The van der Waals surface area contributed by atoms with E-state index in [-0.39, 0.29) is 11.3 Å². The molecule has 0 radical (unpaired) electrons. The summed E-state index contributed by atoms with van der Waals surface area (Å²) in [5.74, 6) is 3.71. The van der Waals surface area contributed by atoms with Gasteiger partial charge in [0.1, 0.15) is 6.07 Å². The molecule has 5 heteroatoms. The van der Waals surface area contributed by atoms with Crippen LogP contribution in [-0.4, -0.2) is 31.2 Å². The molecular weight excluding hydrogens is 410 g/mol. The van der Waals surface area contributed by atoms with Crippen molar-refractivity contribution in [1.82, 2.24) is 9.78 Å². The van der Waals surface area contributed by atoms with E-state index in [0.29, 0.717) is 23.9 Å². The van der Waals surface area contributed by atoms with E-state index in [4.69, 9.17) is 5.26 Å². The van der Waals surface area contributed by atoms with Gasteiger partial charge in [0.15, 0.2) is 0 Å². The van der Waals surface area contributed by atoms with E-state index in [1.54, 1.807) is 12.4 Å². The molecule has 2 unspecified atom stereocenters. The van der Waals surface area contributed by atoms with Crippen LogP contribution in [0.3, 0.4) is 0 Å². The molecular formula is C28H43N3O2. The third-order valence-electron chi connectivity index (χ3n) is 11.1. The molecule has 0 aliphatic heterocycles. The minimum Gasteiger partial charge on any atom is -0.390 e. The Kier molecular flexibility index (Phi) is 5.93. The summed E-state index contributed by atoms with van der Waals surface area (Å²) >= 11 is 0. The molecule has 2 N–H and O–H groups in total. The summed E-state index contributed by atoms with van der Waals surface area (Å²) in [7, 11) is 0. The summed E-state index contributed by atoms with van der Waals surface area (Å²) < 4.78 is 1.84. The van der Waals surface area contributed by atoms with Crippen LogP contribution in [0.1, 0.15) is 97.0 Å². The lowest BCUT2D eigenvalue weighted by Crippen LogP contribution is -2.57. The molecule has 4 aliphatic rings. The molecule has 1 heterocycles. The molecule has 0 bridgehead atoms. The molecule has 0 aromatic carbocycles. The Morgan fingerprint density at radius 2 is 1.91 bits per heavy atom. The molecule has 0 saturated heterocycles. The Hall–Kier alpha value is -1.38. The molecule has 5 nitrogen and oxygen atoms in total. The predicted octanol–water partition coefficient (Wildman–Crippen LogP) is 5.31. The van der Waals surface area contributed by atoms with Crippen LogP contribution in [0.15, 0.2) is 12.4 Å². The quantitative estimate of drug-likeness (QED) is 0.633. The van der Waals surface area contributed by atoms with Crippen molar-refractivity contribution in [1.29, 1.82) is 5.26 Å². The topological polar surface area (TPSA) is 82.1 Å². The van der Waals surface area contributed by atoms with Crippen molar-refractivity contribution in [2.45, 2.75) is 109 Å². The second kappa shape index (κ2) is 8.38. The molecule has 0 spiro atoms. The van der Waals surface area contributed by atoms with Crippen molar-refractivity contribution in [2.24, 2.45) is 40.9 Å². The van der Waals surface area contributed by atoms with Crippen LogP contribution in [-0.2, 0) is 6.54 Å². The molecule has 9 atom stereocenters. The second-order valence-electron chi connectivity index (χ2n) is 12.5. The highest BCUT2D eigenvalue weighted by molar-refractivity contribution is 5.22. The average Bonchev–Trinajstić information content (AvgIpc) is 3.35. The Balaban J connectivity index is 1.31. The number of nitrogens with zero attached hydrogens (tertiary/aromatic N) is 3. The molecule has 4 fully saturated rings. The summed E-state index contributed by atoms with van der Waals surface area (Å²) in [6.07, 6.45) is 15.6. The van der Waals surface area contributed by atoms with Crippen molar-refractivity contribution in [2.75, 3.05) is 0 Å². The van der Waals surface area contributed by atoms with Gasteiger partial charge in [0.05, 0.1) is 23.0 Å². The molecule has 182 valence electrons. The van der Waals surface area contributed by atoms with Crippen LogP contribution < -0.4 is 0 Å². The van der Waals surface area contributed by atoms with E-state index in [0.717, 1.165) is 62.7 Å². The molecule has 1 aromatic rings. The van der Waals surface area contributed by atoms with E-state index in [1.807, 2.05) is 4.68 Å². The number of aromatic nitrogens is 2. The van der Waals surface area contributed by atoms with Crippen molar-refractivity contribution in [3.05, 3.63) is 18.0 Å². The summed E-state index contributed by atoms with van der Waals surface area (Å²) in [4.78, 5) is 0. The van der Waals surface area contributed by atoms with Gasteiger partial charge in [-0.3, -0.25) is 4.68 Å². The Morgan fingerprint density at radius 3 is 2.64 bits per heavy atom. The zero-order valence-electron chi connectivity index (χ0n) is 20.8. The van der Waals surface area contributed by atoms with Gasteiger partial charge >= 0.3 is 0 Å². The smallest absolute Gasteiger partial charge is 0.102 e. The van der Waals surface area contributed by atoms with Crippen molar-refractivity contribution in [3.63, 3.8) is 0 Å². The van der Waals surface area contributed by atoms with Crippen LogP contribution in [0.25, 0.3) is 0 Å². The summed E-state index contributed by atoms with van der Waals surface area (Å²) in [5, 5.41) is 36.7. The number of aliphatic hydroxyl groups is 2. The highest BCUT2D eigenvalue weighted by atomic mass is 16.3. The molecule has 0 amide bonds. The van der Waals surface area contributed by atoms with E-state index >= 15 is 0 Å². The first kappa shape index (κ1) is 23.4. The predicted molar refractivity (Wildman–Crippen MR) is 128 cm³/mol. The van der Waals surface area contributed by atoms with Crippen LogP contribution in [0.2, 0.25) is 0 Å². The average molecular weight is 454 g/mol. The van der Waals surface area contributed by atoms with E-state index in [2.05, 4.69) is 31.9 Å². The van der Waals surface area contributed by atoms with Gasteiger partial charge in [-0.2, -0.15) is 10.4 Å². The maximum Gasteiger partial charge on any atom is 0.102 e. The highest BCUT2D eigenvalue weighted by Crippen LogP contribution is 2.67. The van der Waals surface area contributed by atoms with Gasteiger partial charge in [0, 0.05) is 18.7 Å². The first-order valence-electron chi connectivity index (χ1n) is 13.6. The minimum atomic E-state index is -0.674. The van der Waals surface area contributed by atoms with Gasteiger partial charge in [-0.05, 0) is 99.2 Å². The summed E-state index contributed by atoms with van der Waals surface area (Å²) in [6, 6.07) is 2.16. The SMILES string of the molecule is CCC[C@@]1(O)CC[C@@H]2C3CC[C@@]4(C)C(CC[C@]4(O)[C@H](C)Cn4cc(C#N)cn4)[C@@H]3CC[C@@H]2C1. The Bertz CT molecular complexity index is 907. The summed E-state index contributed by atoms with van der Waals surface area (Å²) in [5.41, 5.74) is -0.539. The van der Waals surface area contributed by atoms with Crippen LogP contribution >= 0.6 is 0 Å². The van der Waals surface area contributed by atoms with E-state index in [1.165, 1.54) is 25.7 Å². The molecule has 4 aliphatic carbocycles. The van der Waals surface area contributed by atoms with Crippen molar-refractivity contribution in [3.8, 4) is 6.07 Å². The maximum atomic E-state index is 12.2. The summed E-state index contributed by atoms with van der Waals surface area (Å²) in [6.45, 7) is 7.42. The third-order valence-corrected chi connectivity index (χ3v) is 11.1. The number of fused-ring (bicyclic) bond motifs is 5. The van der Waals surface area contributed by atoms with Gasteiger partial charge in [-0.25, -0.2) is 0 Å². The first-order chi connectivity index (χ1) is 15.7. The van der Waals surface area contributed by atoms with Gasteiger partial charge < -0.3 is 10.2 Å². The molecule has 1 aromatic heterocycles. The van der Waals surface area contributed by atoms with Crippen LogP contribution in [0, 0.1) is 52.3 Å². The lowest BCUT2D eigenvalue weighted by atomic mass is 9.47. The van der Waals surface area contributed by atoms with Gasteiger partial charge in [-0.1, -0.05) is 27.2 Å². The van der Waals surface area contributed by atoms with Gasteiger partial charge in [0.25, 0.3) is 0 Å². The van der Waals surface area contributed by atoms with E-state index < -0.39 is 11.2 Å². The lowest BCUT2D eigenvalue weighted by molar-refractivity contribution is -0.162. The lowest BCUT2D eigenvalue weighted by Gasteiger charge is -2.59. The van der Waals surface area contributed by atoms with Gasteiger partial charge in [0.2, 0.25) is 0 Å². The third kappa shape index (κ3) is 3.67. The fourth-order valence-electron chi connectivity index (χ4n) is 9.47. The normalized spacial score (nSPS) is 45.5. The number of rotatable bonds is 5. The van der Waals surface area contributed by atoms with Crippen molar-refractivity contribution < 1.29 is 10.2 Å². The zero-order valence-corrected chi connectivity index (χ0v) is 20.8. The minimum absolute atomic E-state index is 0.0384.